The van der Waals surface area contributed by atoms with Gasteiger partial charge in [-0.05, 0) is 0 Å². The third-order valence-electron chi connectivity index (χ3n) is 0.644. The van der Waals surface area contributed by atoms with Gasteiger partial charge in [0.05, 0.1) is 0 Å². The maximum absolute atomic E-state index is 9.88. The minimum atomic E-state index is -0.814. The molecule has 0 saturated carbocycles. The van der Waals surface area contributed by atoms with E-state index in [9.17, 15) is 4.79 Å². The standard InChI is InChI=1S/C4H5O2.H2O.Zn/c1-3(2)4(5)6;;/h1H,2H3,(H,5,6);1H2;. The normalized spacial score (nSPS) is 10.1. The first-order valence-corrected chi connectivity index (χ1v) is 3.59. The number of hydrogen-bond acceptors (Lipinski definition) is 1. The number of aliphatic carboxylic acids is 1. The van der Waals surface area contributed by atoms with Crippen molar-refractivity contribution in [1.82, 2.24) is 0 Å². The van der Waals surface area contributed by atoms with E-state index in [0.717, 1.165) is 18.3 Å². The molecule has 0 amide bonds. The SMILES string of the molecule is CC(=[CH][Zn])C(=O)O.O. The zero-order valence-electron chi connectivity index (χ0n) is 4.64. The number of carboxylic acid groups (broad SMARTS) is 1. The van der Waals surface area contributed by atoms with Gasteiger partial charge >= 0.3 is 51.3 Å². The van der Waals surface area contributed by atoms with Crippen molar-refractivity contribution in [3.05, 3.63) is 10.2 Å². The third-order valence-corrected chi connectivity index (χ3v) is 1.93. The second kappa shape index (κ2) is 4.94. The van der Waals surface area contributed by atoms with Crippen molar-refractivity contribution in [3.8, 4) is 0 Å². The Balaban J connectivity index is 0. The summed E-state index contributed by atoms with van der Waals surface area (Å²) in [6, 6.07) is 0. The van der Waals surface area contributed by atoms with Crippen LogP contribution in [0.5, 0.6) is 0 Å². The third kappa shape index (κ3) is 3.97. The Morgan fingerprint density at radius 2 is 2.12 bits per heavy atom. The Morgan fingerprint density at radius 1 is 1.75 bits per heavy atom. The molecule has 0 atom stereocenters. The van der Waals surface area contributed by atoms with Crippen molar-refractivity contribution >= 4 is 5.97 Å². The van der Waals surface area contributed by atoms with Crippen molar-refractivity contribution in [3.63, 3.8) is 0 Å². The minimum Gasteiger partial charge on any atom is -0.412 e. The van der Waals surface area contributed by atoms with E-state index in [1.165, 1.54) is 0 Å². The predicted molar refractivity (Wildman–Crippen MR) is 25.0 cm³/mol. The van der Waals surface area contributed by atoms with E-state index in [-0.39, 0.29) is 5.48 Å². The van der Waals surface area contributed by atoms with Crippen LogP contribution in [0.25, 0.3) is 0 Å². The minimum absolute atomic E-state index is 0. The molecule has 0 heterocycles. The van der Waals surface area contributed by atoms with Gasteiger partial charge < -0.3 is 5.48 Å². The molecule has 4 heteroatoms. The van der Waals surface area contributed by atoms with Crippen LogP contribution < -0.4 is 0 Å². The Kier molecular flexibility index (Phi) is 6.62. The molecule has 0 aromatic carbocycles. The van der Waals surface area contributed by atoms with Gasteiger partial charge in [-0.15, -0.1) is 0 Å². The van der Waals surface area contributed by atoms with E-state index in [4.69, 9.17) is 5.11 Å². The number of hydrogen-bond donors (Lipinski definition) is 1. The average molecular weight is 168 g/mol. The number of rotatable bonds is 1. The van der Waals surface area contributed by atoms with Crippen LogP contribution in [0.4, 0.5) is 0 Å². The predicted octanol–water partition coefficient (Wildman–Crippen LogP) is -0.303. The van der Waals surface area contributed by atoms with Gasteiger partial charge in [-0.25, -0.2) is 0 Å². The van der Waals surface area contributed by atoms with Gasteiger partial charge in [-0.1, -0.05) is 0 Å². The van der Waals surface area contributed by atoms with Crippen molar-refractivity contribution in [2.24, 2.45) is 0 Å². The van der Waals surface area contributed by atoms with Crippen LogP contribution in [0.15, 0.2) is 10.2 Å². The molecule has 0 saturated heterocycles. The molecular weight excluding hydrogens is 161 g/mol. The Hall–Kier alpha value is -0.207. The van der Waals surface area contributed by atoms with Gasteiger partial charge in [0.2, 0.25) is 0 Å². The van der Waals surface area contributed by atoms with E-state index in [2.05, 4.69) is 0 Å². The Labute approximate surface area is 57.4 Å². The summed E-state index contributed by atoms with van der Waals surface area (Å²) >= 11 is 0.915. The molecule has 0 aliphatic heterocycles. The number of carboxylic acids is 1. The monoisotopic (exact) mass is 167 g/mol. The van der Waals surface area contributed by atoms with Crippen molar-refractivity contribution in [2.45, 2.75) is 6.92 Å². The van der Waals surface area contributed by atoms with Crippen LogP contribution in [-0.2, 0) is 23.1 Å². The largest absolute Gasteiger partial charge is 0.412 e. The van der Waals surface area contributed by atoms with Gasteiger partial charge in [0, 0.05) is 0 Å². The summed E-state index contributed by atoms with van der Waals surface area (Å²) in [4.78, 5) is 9.88. The Bertz CT molecular complexity index is 108. The topological polar surface area (TPSA) is 68.8 Å². The van der Waals surface area contributed by atoms with Crippen molar-refractivity contribution in [1.29, 1.82) is 0 Å². The van der Waals surface area contributed by atoms with Gasteiger partial charge in [0.1, 0.15) is 0 Å². The fourth-order valence-electron chi connectivity index (χ4n) is 0.0873. The van der Waals surface area contributed by atoms with Gasteiger partial charge in [0.15, 0.2) is 0 Å². The molecule has 0 aromatic rings. The summed E-state index contributed by atoms with van der Waals surface area (Å²) in [7, 11) is 0. The summed E-state index contributed by atoms with van der Waals surface area (Å²) in [5.41, 5.74) is 0.444. The molecule has 3 N–H and O–H groups in total. The molecule has 0 radical (unpaired) electrons. The average Bonchev–Trinajstić information content (AvgIpc) is 1.65. The van der Waals surface area contributed by atoms with E-state index in [1.54, 1.807) is 11.6 Å². The molecule has 0 aliphatic rings. The first-order chi connectivity index (χ1) is 3.18. The molecule has 0 bridgehead atoms. The van der Waals surface area contributed by atoms with Crippen LogP contribution >= 0.6 is 0 Å². The molecule has 0 fully saturated rings. The summed E-state index contributed by atoms with van der Waals surface area (Å²) in [5.74, 6) is -0.814. The molecule has 8 heavy (non-hydrogen) atoms. The quantitative estimate of drug-likeness (QED) is 0.431. The van der Waals surface area contributed by atoms with Crippen LogP contribution in [0.2, 0.25) is 0 Å². The Morgan fingerprint density at radius 3 is 2.12 bits per heavy atom. The zero-order chi connectivity index (χ0) is 5.86. The molecule has 0 unspecified atom stereocenters. The van der Waals surface area contributed by atoms with E-state index in [0.29, 0.717) is 5.57 Å². The van der Waals surface area contributed by atoms with E-state index >= 15 is 0 Å². The molecule has 0 aromatic heterocycles. The first-order valence-electron chi connectivity index (χ1n) is 1.87. The molecule has 0 rings (SSSR count). The number of carbonyl (C=O) groups is 1. The van der Waals surface area contributed by atoms with Crippen LogP contribution in [-0.4, -0.2) is 16.6 Å². The molecule has 0 spiro atoms. The van der Waals surface area contributed by atoms with Crippen LogP contribution in [0, 0.1) is 0 Å². The summed E-state index contributed by atoms with van der Waals surface area (Å²) < 4.78 is 1.68. The smallest absolute Gasteiger partial charge is 0.412 e. The molecule has 3 nitrogen and oxygen atoms in total. The maximum Gasteiger partial charge on any atom is -0.412 e. The molecular formula is C4H7O3Zn. The summed E-state index contributed by atoms with van der Waals surface area (Å²) in [6.07, 6.45) is 0. The zero-order valence-corrected chi connectivity index (χ0v) is 7.61. The second-order valence-corrected chi connectivity index (χ2v) is 2.05. The fourth-order valence-corrected chi connectivity index (χ4v) is 0.454. The van der Waals surface area contributed by atoms with Crippen molar-refractivity contribution < 1.29 is 33.7 Å². The fraction of sp³-hybridized carbons (Fsp3) is 0.250. The van der Waals surface area contributed by atoms with E-state index in [1.807, 2.05) is 0 Å². The van der Waals surface area contributed by atoms with Crippen LogP contribution in [0.3, 0.4) is 0 Å². The van der Waals surface area contributed by atoms with Gasteiger partial charge in [0.25, 0.3) is 0 Å². The van der Waals surface area contributed by atoms with Crippen LogP contribution in [0.1, 0.15) is 6.92 Å². The first kappa shape index (κ1) is 10.7. The van der Waals surface area contributed by atoms with Gasteiger partial charge in [-0.2, -0.15) is 0 Å². The summed E-state index contributed by atoms with van der Waals surface area (Å²) in [6.45, 7) is 1.59. The second-order valence-electron chi connectivity index (χ2n) is 1.19. The summed E-state index contributed by atoms with van der Waals surface area (Å²) in [5, 5.41) is 8.13. The van der Waals surface area contributed by atoms with Gasteiger partial charge in [-0.3, -0.25) is 0 Å². The van der Waals surface area contributed by atoms with E-state index < -0.39 is 5.97 Å². The maximum atomic E-state index is 9.88. The molecule has 43 valence electrons. The van der Waals surface area contributed by atoms with Crippen molar-refractivity contribution in [2.75, 3.05) is 0 Å². The molecule has 0 aliphatic carbocycles.